The van der Waals surface area contributed by atoms with Crippen molar-refractivity contribution in [2.45, 2.75) is 32.6 Å². The lowest BCUT2D eigenvalue weighted by molar-refractivity contribution is -0.130. The van der Waals surface area contributed by atoms with Crippen LogP contribution in [0.25, 0.3) is 11.3 Å². The topological polar surface area (TPSA) is 46.1 Å². The minimum absolute atomic E-state index is 0.146. The lowest BCUT2D eigenvalue weighted by Crippen LogP contribution is -2.37. The van der Waals surface area contributed by atoms with Crippen molar-refractivity contribution in [3.63, 3.8) is 0 Å². The molecule has 3 rings (SSSR count). The fraction of sp³-hybridized carbons (Fsp3) is 0.389. The molecule has 1 aliphatic rings. The van der Waals surface area contributed by atoms with Gasteiger partial charge >= 0.3 is 0 Å². The molecule has 4 heteroatoms. The number of rotatable bonds is 2. The number of benzene rings is 1. The molecule has 0 bridgehead atoms. The minimum atomic E-state index is 0.146. The van der Waals surface area contributed by atoms with Crippen LogP contribution in [0.4, 0.5) is 0 Å². The third-order valence-corrected chi connectivity index (χ3v) is 4.25. The van der Waals surface area contributed by atoms with E-state index in [0.29, 0.717) is 0 Å². The number of amides is 1. The van der Waals surface area contributed by atoms with E-state index in [9.17, 15) is 4.79 Å². The zero-order valence-electron chi connectivity index (χ0n) is 13.1. The van der Waals surface area contributed by atoms with E-state index in [-0.39, 0.29) is 11.8 Å². The highest BCUT2D eigenvalue weighted by molar-refractivity contribution is 5.73. The molecular weight excluding hydrogens is 274 g/mol. The highest BCUT2D eigenvalue weighted by Crippen LogP contribution is 2.27. The van der Waals surface area contributed by atoms with Gasteiger partial charge < -0.3 is 4.90 Å². The van der Waals surface area contributed by atoms with E-state index in [4.69, 9.17) is 4.98 Å². The van der Waals surface area contributed by atoms with Crippen molar-refractivity contribution in [2.75, 3.05) is 13.1 Å². The number of hydrogen-bond acceptors (Lipinski definition) is 3. The van der Waals surface area contributed by atoms with Crippen LogP contribution in [0.3, 0.4) is 0 Å². The van der Waals surface area contributed by atoms with Crippen LogP contribution >= 0.6 is 0 Å². The van der Waals surface area contributed by atoms with E-state index in [0.717, 1.165) is 42.9 Å². The Kier molecular flexibility index (Phi) is 4.18. The molecular formula is C18H21N3O. The third kappa shape index (κ3) is 3.16. The molecule has 1 aliphatic heterocycles. The van der Waals surface area contributed by atoms with Gasteiger partial charge in [-0.3, -0.25) is 9.78 Å². The molecule has 114 valence electrons. The zero-order chi connectivity index (χ0) is 15.5. The van der Waals surface area contributed by atoms with E-state index < -0.39 is 0 Å². The van der Waals surface area contributed by atoms with Crippen LogP contribution in [0.5, 0.6) is 0 Å². The SMILES string of the molecule is CC(=O)N1CCC[C@@H](c2cncc(-c3cccc(C)c3)n2)C1. The first-order chi connectivity index (χ1) is 10.6. The summed E-state index contributed by atoms with van der Waals surface area (Å²) in [5, 5.41) is 0. The van der Waals surface area contributed by atoms with Gasteiger partial charge in [-0.15, -0.1) is 0 Å². The molecule has 0 saturated carbocycles. The molecule has 1 saturated heterocycles. The molecule has 1 aromatic heterocycles. The Bertz CT molecular complexity index is 684. The van der Waals surface area contributed by atoms with Gasteiger partial charge in [0, 0.05) is 37.7 Å². The second-order valence-electron chi connectivity index (χ2n) is 6.00. The predicted molar refractivity (Wildman–Crippen MR) is 86.4 cm³/mol. The summed E-state index contributed by atoms with van der Waals surface area (Å²) in [5.74, 6) is 0.433. The standard InChI is InChI=1S/C18H21N3O/c1-13-5-3-6-15(9-13)17-10-19-11-18(20-17)16-7-4-8-21(12-16)14(2)22/h3,5-6,9-11,16H,4,7-8,12H2,1-2H3/t16-/m1/s1. The summed E-state index contributed by atoms with van der Waals surface area (Å²) in [6.45, 7) is 5.32. The van der Waals surface area contributed by atoms with Crippen molar-refractivity contribution >= 4 is 5.91 Å². The fourth-order valence-electron chi connectivity index (χ4n) is 3.03. The monoisotopic (exact) mass is 295 g/mol. The fourth-order valence-corrected chi connectivity index (χ4v) is 3.03. The van der Waals surface area contributed by atoms with Gasteiger partial charge in [-0.05, 0) is 25.8 Å². The van der Waals surface area contributed by atoms with E-state index in [2.05, 4.69) is 30.1 Å². The van der Waals surface area contributed by atoms with Crippen LogP contribution in [0.2, 0.25) is 0 Å². The van der Waals surface area contributed by atoms with Crippen molar-refractivity contribution in [2.24, 2.45) is 0 Å². The largest absolute Gasteiger partial charge is 0.342 e. The molecule has 0 aliphatic carbocycles. The summed E-state index contributed by atoms with van der Waals surface area (Å²) in [6.07, 6.45) is 5.74. The molecule has 4 nitrogen and oxygen atoms in total. The summed E-state index contributed by atoms with van der Waals surface area (Å²) in [7, 11) is 0. The summed E-state index contributed by atoms with van der Waals surface area (Å²) >= 11 is 0. The first-order valence-electron chi connectivity index (χ1n) is 7.78. The summed E-state index contributed by atoms with van der Waals surface area (Å²) in [6, 6.07) is 8.30. The highest BCUT2D eigenvalue weighted by Gasteiger charge is 2.24. The Morgan fingerprint density at radius 1 is 1.32 bits per heavy atom. The molecule has 22 heavy (non-hydrogen) atoms. The number of aryl methyl sites for hydroxylation is 1. The number of aromatic nitrogens is 2. The maximum absolute atomic E-state index is 11.6. The number of carbonyl (C=O) groups excluding carboxylic acids is 1. The maximum Gasteiger partial charge on any atom is 0.219 e. The normalized spacial score (nSPS) is 18.3. The Morgan fingerprint density at radius 2 is 2.18 bits per heavy atom. The minimum Gasteiger partial charge on any atom is -0.342 e. The molecule has 2 heterocycles. The van der Waals surface area contributed by atoms with Crippen molar-refractivity contribution < 1.29 is 4.79 Å². The quantitative estimate of drug-likeness (QED) is 0.855. The lowest BCUT2D eigenvalue weighted by Gasteiger charge is -2.31. The zero-order valence-corrected chi connectivity index (χ0v) is 13.1. The van der Waals surface area contributed by atoms with E-state index in [1.165, 1.54) is 5.56 Å². The number of hydrogen-bond donors (Lipinski definition) is 0. The molecule has 1 aromatic carbocycles. The van der Waals surface area contributed by atoms with Crippen LogP contribution in [0.15, 0.2) is 36.7 Å². The van der Waals surface area contributed by atoms with Gasteiger partial charge in [-0.25, -0.2) is 4.98 Å². The second kappa shape index (κ2) is 6.26. The summed E-state index contributed by atoms with van der Waals surface area (Å²) < 4.78 is 0. The molecule has 0 N–H and O–H groups in total. The van der Waals surface area contributed by atoms with Gasteiger partial charge in [0.15, 0.2) is 0 Å². The predicted octanol–water partition coefficient (Wildman–Crippen LogP) is 3.18. The van der Waals surface area contributed by atoms with E-state index in [1.807, 2.05) is 23.4 Å². The van der Waals surface area contributed by atoms with Crippen molar-refractivity contribution in [1.29, 1.82) is 0 Å². The van der Waals surface area contributed by atoms with Crippen LogP contribution in [-0.4, -0.2) is 33.9 Å². The summed E-state index contributed by atoms with van der Waals surface area (Å²) in [4.78, 5) is 22.7. The molecule has 1 atom stereocenters. The molecule has 0 unspecified atom stereocenters. The summed E-state index contributed by atoms with van der Waals surface area (Å²) in [5.41, 5.74) is 4.20. The van der Waals surface area contributed by atoms with Gasteiger partial charge in [0.25, 0.3) is 0 Å². The highest BCUT2D eigenvalue weighted by atomic mass is 16.2. The number of nitrogens with zero attached hydrogens (tertiary/aromatic N) is 3. The first-order valence-corrected chi connectivity index (χ1v) is 7.78. The maximum atomic E-state index is 11.6. The van der Waals surface area contributed by atoms with Gasteiger partial charge in [-0.1, -0.05) is 23.8 Å². The van der Waals surface area contributed by atoms with Gasteiger partial charge in [-0.2, -0.15) is 0 Å². The smallest absolute Gasteiger partial charge is 0.219 e. The van der Waals surface area contributed by atoms with Crippen LogP contribution < -0.4 is 0 Å². The van der Waals surface area contributed by atoms with E-state index in [1.54, 1.807) is 6.92 Å². The van der Waals surface area contributed by atoms with Gasteiger partial charge in [0.1, 0.15) is 0 Å². The number of carbonyl (C=O) groups is 1. The van der Waals surface area contributed by atoms with Crippen LogP contribution in [0, 0.1) is 6.92 Å². The van der Waals surface area contributed by atoms with Crippen molar-refractivity contribution in [3.05, 3.63) is 47.9 Å². The number of likely N-dealkylation sites (tertiary alicyclic amines) is 1. The molecule has 2 aromatic rings. The molecule has 1 fully saturated rings. The van der Waals surface area contributed by atoms with E-state index >= 15 is 0 Å². The van der Waals surface area contributed by atoms with Gasteiger partial charge in [0.2, 0.25) is 5.91 Å². The first kappa shape index (κ1) is 14.7. The molecule has 1 amide bonds. The Balaban J connectivity index is 1.86. The number of piperidine rings is 1. The Hall–Kier alpha value is -2.23. The van der Waals surface area contributed by atoms with Crippen molar-refractivity contribution in [3.8, 4) is 11.3 Å². The van der Waals surface area contributed by atoms with Crippen LogP contribution in [0.1, 0.15) is 36.9 Å². The lowest BCUT2D eigenvalue weighted by atomic mass is 9.94. The second-order valence-corrected chi connectivity index (χ2v) is 6.00. The average molecular weight is 295 g/mol. The molecule has 0 radical (unpaired) electrons. The Labute approximate surface area is 131 Å². The average Bonchev–Trinajstić information content (AvgIpc) is 2.55. The molecule has 0 spiro atoms. The Morgan fingerprint density at radius 3 is 2.95 bits per heavy atom. The van der Waals surface area contributed by atoms with Crippen LogP contribution in [-0.2, 0) is 4.79 Å². The van der Waals surface area contributed by atoms with Crippen molar-refractivity contribution in [1.82, 2.24) is 14.9 Å². The van der Waals surface area contributed by atoms with Gasteiger partial charge in [0.05, 0.1) is 17.6 Å². The third-order valence-electron chi connectivity index (χ3n) is 4.25.